The van der Waals surface area contributed by atoms with Crippen molar-refractivity contribution in [3.63, 3.8) is 0 Å². The van der Waals surface area contributed by atoms with Gasteiger partial charge in [-0.3, -0.25) is 10.2 Å². The number of hydrogen-bond acceptors (Lipinski definition) is 4. The Kier molecular flexibility index (Phi) is 4.71. The second-order valence-electron chi connectivity index (χ2n) is 5.70. The molecule has 0 amide bonds. The Labute approximate surface area is 136 Å². The maximum absolute atomic E-state index is 5.25. The molecule has 1 N–H and O–H groups in total. The highest BCUT2D eigenvalue weighted by Crippen LogP contribution is 2.45. The third kappa shape index (κ3) is 3.14. The maximum Gasteiger partial charge on any atom is 0.118 e. The summed E-state index contributed by atoms with van der Waals surface area (Å²) in [6.07, 6.45) is 0. The summed E-state index contributed by atoms with van der Waals surface area (Å²) < 4.78 is 5.25. The molecule has 0 aromatic heterocycles. The fraction of sp³-hybridized carbons (Fsp3) is 0.333. The standard InChI is InChI=1S/C18H22N2OS/c1-20(2)18-16(13-7-5-4-6-8-13)19-17(22-18)14-9-11-15(21-3)12-10-14/h4-12,16-19H,1-3H3. The molecule has 3 nitrogen and oxygen atoms in total. The molecule has 116 valence electrons. The SMILES string of the molecule is COc1ccc(C2NC(c3ccccc3)C(N(C)C)S2)cc1. The van der Waals surface area contributed by atoms with Gasteiger partial charge < -0.3 is 4.74 Å². The van der Waals surface area contributed by atoms with Gasteiger partial charge in [-0.1, -0.05) is 42.5 Å². The van der Waals surface area contributed by atoms with Crippen molar-refractivity contribution in [2.24, 2.45) is 0 Å². The van der Waals surface area contributed by atoms with Crippen LogP contribution in [0.3, 0.4) is 0 Å². The molecule has 1 aliphatic rings. The number of likely N-dealkylation sites (N-methyl/N-ethyl adjacent to an activating group) is 1. The fourth-order valence-electron chi connectivity index (χ4n) is 2.80. The Bertz CT molecular complexity index is 600. The van der Waals surface area contributed by atoms with E-state index in [2.05, 4.69) is 66.8 Å². The minimum atomic E-state index is 0.295. The van der Waals surface area contributed by atoms with E-state index in [0.29, 0.717) is 16.8 Å². The van der Waals surface area contributed by atoms with Gasteiger partial charge in [0.25, 0.3) is 0 Å². The number of benzene rings is 2. The molecule has 0 saturated carbocycles. The Morgan fingerprint density at radius 2 is 1.64 bits per heavy atom. The van der Waals surface area contributed by atoms with Crippen molar-refractivity contribution in [3.05, 3.63) is 65.7 Å². The molecular weight excluding hydrogens is 292 g/mol. The van der Waals surface area contributed by atoms with Gasteiger partial charge >= 0.3 is 0 Å². The van der Waals surface area contributed by atoms with Crippen molar-refractivity contribution in [2.45, 2.75) is 16.8 Å². The van der Waals surface area contributed by atoms with Crippen LogP contribution in [-0.4, -0.2) is 31.5 Å². The monoisotopic (exact) mass is 314 g/mol. The van der Waals surface area contributed by atoms with Gasteiger partial charge in [-0.05, 0) is 37.4 Å². The summed E-state index contributed by atoms with van der Waals surface area (Å²) in [5.41, 5.74) is 2.63. The minimum absolute atomic E-state index is 0.295. The van der Waals surface area contributed by atoms with E-state index in [1.54, 1.807) is 7.11 Å². The molecule has 1 saturated heterocycles. The lowest BCUT2D eigenvalue weighted by atomic mass is 10.1. The zero-order valence-corrected chi connectivity index (χ0v) is 14.0. The summed E-state index contributed by atoms with van der Waals surface area (Å²) in [6, 6.07) is 19.3. The molecule has 22 heavy (non-hydrogen) atoms. The molecule has 4 heteroatoms. The van der Waals surface area contributed by atoms with Crippen LogP contribution in [0.1, 0.15) is 22.5 Å². The van der Waals surface area contributed by atoms with E-state index in [9.17, 15) is 0 Å². The predicted octanol–water partition coefficient (Wildman–Crippen LogP) is 3.66. The molecule has 3 unspecified atom stereocenters. The average molecular weight is 314 g/mol. The normalized spacial score (nSPS) is 24.6. The average Bonchev–Trinajstić information content (AvgIpc) is 3.01. The van der Waals surface area contributed by atoms with Gasteiger partial charge in [-0.15, -0.1) is 11.8 Å². The van der Waals surface area contributed by atoms with Gasteiger partial charge in [0.05, 0.1) is 23.9 Å². The molecular formula is C18H22N2OS. The quantitative estimate of drug-likeness (QED) is 0.931. The van der Waals surface area contributed by atoms with E-state index in [4.69, 9.17) is 4.74 Å². The smallest absolute Gasteiger partial charge is 0.118 e. The van der Waals surface area contributed by atoms with E-state index in [1.165, 1.54) is 11.1 Å². The number of hydrogen-bond donors (Lipinski definition) is 1. The molecule has 1 aliphatic heterocycles. The van der Waals surface area contributed by atoms with Crippen molar-refractivity contribution in [2.75, 3.05) is 21.2 Å². The highest BCUT2D eigenvalue weighted by Gasteiger charge is 2.37. The number of nitrogens with zero attached hydrogens (tertiary/aromatic N) is 1. The zero-order valence-electron chi connectivity index (χ0n) is 13.2. The molecule has 2 aromatic carbocycles. The predicted molar refractivity (Wildman–Crippen MR) is 93.1 cm³/mol. The van der Waals surface area contributed by atoms with Gasteiger partial charge in [-0.25, -0.2) is 0 Å². The van der Waals surface area contributed by atoms with Gasteiger partial charge in [0, 0.05) is 0 Å². The minimum Gasteiger partial charge on any atom is -0.497 e. The Morgan fingerprint density at radius 3 is 2.23 bits per heavy atom. The van der Waals surface area contributed by atoms with Crippen LogP contribution in [0, 0.1) is 0 Å². The molecule has 0 bridgehead atoms. The van der Waals surface area contributed by atoms with Crippen LogP contribution in [0.4, 0.5) is 0 Å². The lowest BCUT2D eigenvalue weighted by Gasteiger charge is -2.24. The first kappa shape index (κ1) is 15.4. The van der Waals surface area contributed by atoms with Crippen molar-refractivity contribution in [3.8, 4) is 5.75 Å². The number of nitrogens with one attached hydrogen (secondary N) is 1. The summed E-state index contributed by atoms with van der Waals surface area (Å²) in [4.78, 5) is 2.29. The maximum atomic E-state index is 5.25. The van der Waals surface area contributed by atoms with Gasteiger partial charge in [0.15, 0.2) is 0 Å². The molecule has 1 fully saturated rings. The van der Waals surface area contributed by atoms with E-state index >= 15 is 0 Å². The summed E-state index contributed by atoms with van der Waals surface area (Å²) in [6.45, 7) is 0. The van der Waals surface area contributed by atoms with Crippen LogP contribution in [0.2, 0.25) is 0 Å². The van der Waals surface area contributed by atoms with Gasteiger partial charge in [0.1, 0.15) is 5.75 Å². The van der Waals surface area contributed by atoms with Crippen LogP contribution in [0.15, 0.2) is 54.6 Å². The fourth-order valence-corrected chi connectivity index (χ4v) is 4.25. The van der Waals surface area contributed by atoms with Crippen molar-refractivity contribution < 1.29 is 4.74 Å². The second kappa shape index (κ2) is 6.73. The van der Waals surface area contributed by atoms with E-state index < -0.39 is 0 Å². The van der Waals surface area contributed by atoms with Gasteiger partial charge in [-0.2, -0.15) is 0 Å². The third-order valence-corrected chi connectivity index (χ3v) is 5.63. The van der Waals surface area contributed by atoms with E-state index in [0.717, 1.165) is 5.75 Å². The van der Waals surface area contributed by atoms with E-state index in [-0.39, 0.29) is 0 Å². The summed E-state index contributed by atoms with van der Waals surface area (Å²) in [5.74, 6) is 0.899. The largest absolute Gasteiger partial charge is 0.497 e. The second-order valence-corrected chi connectivity index (χ2v) is 6.93. The number of ether oxygens (including phenoxy) is 1. The van der Waals surface area contributed by atoms with Crippen LogP contribution in [0.25, 0.3) is 0 Å². The molecule has 0 aliphatic carbocycles. The molecule has 2 aromatic rings. The molecule has 0 radical (unpaired) electrons. The van der Waals surface area contributed by atoms with Crippen LogP contribution >= 0.6 is 11.8 Å². The number of methoxy groups -OCH3 is 1. The van der Waals surface area contributed by atoms with Crippen molar-refractivity contribution in [1.29, 1.82) is 0 Å². The number of thioether (sulfide) groups is 1. The highest BCUT2D eigenvalue weighted by molar-refractivity contribution is 8.00. The molecule has 3 rings (SSSR count). The highest BCUT2D eigenvalue weighted by atomic mass is 32.2. The summed E-state index contributed by atoms with van der Waals surface area (Å²) >= 11 is 1.96. The van der Waals surface area contributed by atoms with Crippen LogP contribution < -0.4 is 10.1 Å². The third-order valence-electron chi connectivity index (χ3n) is 3.98. The van der Waals surface area contributed by atoms with Crippen molar-refractivity contribution in [1.82, 2.24) is 10.2 Å². The summed E-state index contributed by atoms with van der Waals surface area (Å²) in [7, 11) is 5.99. The zero-order chi connectivity index (χ0) is 15.5. The first-order valence-electron chi connectivity index (χ1n) is 7.46. The van der Waals surface area contributed by atoms with Crippen LogP contribution in [-0.2, 0) is 0 Å². The lowest BCUT2D eigenvalue weighted by molar-refractivity contribution is 0.327. The van der Waals surface area contributed by atoms with Crippen molar-refractivity contribution >= 4 is 11.8 Å². The number of rotatable bonds is 4. The molecule has 3 atom stereocenters. The molecule has 0 spiro atoms. The topological polar surface area (TPSA) is 24.5 Å². The summed E-state index contributed by atoms with van der Waals surface area (Å²) in [5, 5.41) is 4.48. The Balaban J connectivity index is 1.83. The Hall–Kier alpha value is -1.49. The molecule has 1 heterocycles. The first-order valence-corrected chi connectivity index (χ1v) is 8.40. The first-order chi connectivity index (χ1) is 10.7. The van der Waals surface area contributed by atoms with Crippen LogP contribution in [0.5, 0.6) is 5.75 Å². The lowest BCUT2D eigenvalue weighted by Crippen LogP contribution is -2.32. The van der Waals surface area contributed by atoms with Gasteiger partial charge in [0.2, 0.25) is 0 Å². The Morgan fingerprint density at radius 1 is 0.955 bits per heavy atom. The van der Waals surface area contributed by atoms with E-state index in [1.807, 2.05) is 23.9 Å².